The van der Waals surface area contributed by atoms with Crippen LogP contribution in [0.2, 0.25) is 0 Å². The Kier molecular flexibility index (Phi) is 5.32. The minimum absolute atomic E-state index is 0.00497. The Bertz CT molecular complexity index is 368. The lowest BCUT2D eigenvalue weighted by Gasteiger charge is -2.24. The highest BCUT2D eigenvalue weighted by Crippen LogP contribution is 2.37. The van der Waals surface area contributed by atoms with Crippen LogP contribution < -0.4 is 5.32 Å². The van der Waals surface area contributed by atoms with Gasteiger partial charge in [0.15, 0.2) is 0 Å². The second-order valence-electron chi connectivity index (χ2n) is 5.37. The molecule has 6 nitrogen and oxygen atoms in total. The van der Waals surface area contributed by atoms with Crippen LogP contribution >= 0.6 is 0 Å². The summed E-state index contributed by atoms with van der Waals surface area (Å²) in [4.78, 5) is 35.4. The van der Waals surface area contributed by atoms with Gasteiger partial charge in [0.25, 0.3) is 0 Å². The highest BCUT2D eigenvalue weighted by atomic mass is 16.4. The van der Waals surface area contributed by atoms with Gasteiger partial charge in [0.1, 0.15) is 6.54 Å². The Morgan fingerprint density at radius 2 is 1.95 bits per heavy atom. The van der Waals surface area contributed by atoms with Crippen molar-refractivity contribution in [1.29, 1.82) is 0 Å². The number of hydrogen-bond acceptors (Lipinski definition) is 3. The standard InChI is InChI=1S/C13H22N2O4/c1-8(2)15(7-12(17)18)11(16)4-5-14-13(19)10-6-9(10)3/h8-10H,4-7H2,1-3H3,(H,14,19)(H,17,18). The normalized spacial score (nSPS) is 21.1. The maximum Gasteiger partial charge on any atom is 0.323 e. The number of carbonyl (C=O) groups is 3. The Hall–Kier alpha value is -1.59. The summed E-state index contributed by atoms with van der Waals surface area (Å²) in [5.41, 5.74) is 0. The van der Waals surface area contributed by atoms with Crippen LogP contribution in [0.1, 0.15) is 33.6 Å². The van der Waals surface area contributed by atoms with Crippen LogP contribution in [0.25, 0.3) is 0 Å². The van der Waals surface area contributed by atoms with Gasteiger partial charge in [0, 0.05) is 24.9 Å². The van der Waals surface area contributed by atoms with Crippen molar-refractivity contribution in [2.45, 2.75) is 39.7 Å². The predicted octanol–water partition coefficient (Wildman–Crippen LogP) is 0.470. The SMILES string of the molecule is CC1CC1C(=O)NCCC(=O)N(CC(=O)O)C(C)C. The quantitative estimate of drug-likeness (QED) is 0.704. The molecule has 6 heteroatoms. The maximum absolute atomic E-state index is 11.9. The second-order valence-corrected chi connectivity index (χ2v) is 5.37. The van der Waals surface area contributed by atoms with Crippen molar-refractivity contribution < 1.29 is 19.5 Å². The van der Waals surface area contributed by atoms with Crippen LogP contribution in [-0.2, 0) is 14.4 Å². The topological polar surface area (TPSA) is 86.7 Å². The monoisotopic (exact) mass is 270 g/mol. The van der Waals surface area contributed by atoms with E-state index in [-0.39, 0.29) is 43.3 Å². The minimum atomic E-state index is -1.03. The molecule has 0 aliphatic heterocycles. The van der Waals surface area contributed by atoms with Gasteiger partial charge in [-0.05, 0) is 26.2 Å². The zero-order valence-electron chi connectivity index (χ0n) is 11.7. The number of amides is 2. The van der Waals surface area contributed by atoms with Gasteiger partial charge in [-0.15, -0.1) is 0 Å². The molecule has 1 fully saturated rings. The van der Waals surface area contributed by atoms with Gasteiger partial charge in [0.05, 0.1) is 0 Å². The van der Waals surface area contributed by atoms with E-state index < -0.39 is 5.97 Å². The highest BCUT2D eigenvalue weighted by molar-refractivity contribution is 5.84. The first-order valence-electron chi connectivity index (χ1n) is 6.62. The van der Waals surface area contributed by atoms with E-state index >= 15 is 0 Å². The average Bonchev–Trinajstić information content (AvgIpc) is 3.02. The second kappa shape index (κ2) is 6.54. The van der Waals surface area contributed by atoms with E-state index in [4.69, 9.17) is 5.11 Å². The van der Waals surface area contributed by atoms with Crippen molar-refractivity contribution in [1.82, 2.24) is 10.2 Å². The lowest BCUT2D eigenvalue weighted by Crippen LogP contribution is -2.42. The lowest BCUT2D eigenvalue weighted by molar-refractivity contribution is -0.145. The Morgan fingerprint density at radius 1 is 1.37 bits per heavy atom. The average molecular weight is 270 g/mol. The molecule has 0 saturated heterocycles. The molecule has 0 heterocycles. The first kappa shape index (κ1) is 15.5. The van der Waals surface area contributed by atoms with Crippen molar-refractivity contribution in [3.05, 3.63) is 0 Å². The molecule has 0 radical (unpaired) electrons. The number of nitrogens with zero attached hydrogens (tertiary/aromatic N) is 1. The third-order valence-corrected chi connectivity index (χ3v) is 3.33. The van der Waals surface area contributed by atoms with Gasteiger partial charge in [-0.1, -0.05) is 6.92 Å². The van der Waals surface area contributed by atoms with Crippen LogP contribution in [-0.4, -0.2) is 46.9 Å². The minimum Gasteiger partial charge on any atom is -0.480 e. The Labute approximate surface area is 113 Å². The largest absolute Gasteiger partial charge is 0.480 e. The number of aliphatic carboxylic acids is 1. The molecular formula is C13H22N2O4. The van der Waals surface area contributed by atoms with Crippen molar-refractivity contribution in [2.75, 3.05) is 13.1 Å². The molecule has 2 atom stereocenters. The van der Waals surface area contributed by atoms with Gasteiger partial charge in [-0.2, -0.15) is 0 Å². The summed E-state index contributed by atoms with van der Waals surface area (Å²) in [6.45, 7) is 5.52. The molecule has 0 aromatic rings. The van der Waals surface area contributed by atoms with Crippen molar-refractivity contribution in [3.8, 4) is 0 Å². The number of hydrogen-bond donors (Lipinski definition) is 2. The smallest absolute Gasteiger partial charge is 0.323 e. The van der Waals surface area contributed by atoms with Gasteiger partial charge in [-0.25, -0.2) is 0 Å². The fourth-order valence-corrected chi connectivity index (χ4v) is 1.96. The maximum atomic E-state index is 11.9. The first-order valence-corrected chi connectivity index (χ1v) is 6.62. The molecule has 1 saturated carbocycles. The third-order valence-electron chi connectivity index (χ3n) is 3.33. The molecule has 1 rings (SSSR count). The molecule has 0 aromatic carbocycles. The molecule has 2 N–H and O–H groups in total. The van der Waals surface area contributed by atoms with Gasteiger partial charge in [-0.3, -0.25) is 14.4 Å². The molecule has 0 spiro atoms. The van der Waals surface area contributed by atoms with Gasteiger partial charge in [0.2, 0.25) is 11.8 Å². The molecule has 19 heavy (non-hydrogen) atoms. The molecule has 1 aliphatic rings. The fraction of sp³-hybridized carbons (Fsp3) is 0.769. The van der Waals surface area contributed by atoms with E-state index in [2.05, 4.69) is 5.32 Å². The lowest BCUT2D eigenvalue weighted by atomic mass is 10.2. The number of rotatable bonds is 7. The summed E-state index contributed by atoms with van der Waals surface area (Å²) >= 11 is 0. The summed E-state index contributed by atoms with van der Waals surface area (Å²) in [7, 11) is 0. The number of carboxylic acids is 1. The van der Waals surface area contributed by atoms with E-state index in [1.54, 1.807) is 13.8 Å². The van der Waals surface area contributed by atoms with Crippen LogP contribution in [0.15, 0.2) is 0 Å². The van der Waals surface area contributed by atoms with Crippen LogP contribution in [0.4, 0.5) is 0 Å². The summed E-state index contributed by atoms with van der Waals surface area (Å²) in [6, 6.07) is -0.164. The number of nitrogens with one attached hydrogen (secondary N) is 1. The van der Waals surface area contributed by atoms with E-state index in [1.165, 1.54) is 4.90 Å². The van der Waals surface area contributed by atoms with Crippen molar-refractivity contribution >= 4 is 17.8 Å². The molecule has 2 amide bonds. The summed E-state index contributed by atoms with van der Waals surface area (Å²) in [5, 5.41) is 11.5. The highest BCUT2D eigenvalue weighted by Gasteiger charge is 2.38. The number of carbonyl (C=O) groups excluding carboxylic acids is 2. The Balaban J connectivity index is 2.31. The fourth-order valence-electron chi connectivity index (χ4n) is 1.96. The summed E-state index contributed by atoms with van der Waals surface area (Å²) in [5.74, 6) is -0.751. The molecule has 0 bridgehead atoms. The predicted molar refractivity (Wildman–Crippen MR) is 69.4 cm³/mol. The van der Waals surface area contributed by atoms with Gasteiger partial charge < -0.3 is 15.3 Å². The van der Waals surface area contributed by atoms with Gasteiger partial charge >= 0.3 is 5.97 Å². The first-order chi connectivity index (χ1) is 8.82. The zero-order valence-corrected chi connectivity index (χ0v) is 11.7. The molecule has 1 aliphatic carbocycles. The molecule has 108 valence electrons. The van der Waals surface area contributed by atoms with Crippen LogP contribution in [0, 0.1) is 11.8 Å². The Morgan fingerprint density at radius 3 is 2.37 bits per heavy atom. The molecule has 0 aromatic heterocycles. The molecular weight excluding hydrogens is 248 g/mol. The van der Waals surface area contributed by atoms with Crippen LogP contribution in [0.3, 0.4) is 0 Å². The number of carboxylic acid groups (broad SMARTS) is 1. The van der Waals surface area contributed by atoms with E-state index in [0.717, 1.165) is 6.42 Å². The zero-order chi connectivity index (χ0) is 14.6. The van der Waals surface area contributed by atoms with Crippen molar-refractivity contribution in [2.24, 2.45) is 11.8 Å². The summed E-state index contributed by atoms with van der Waals surface area (Å²) in [6.07, 6.45) is 1.05. The van der Waals surface area contributed by atoms with E-state index in [9.17, 15) is 14.4 Å². The molecule has 2 unspecified atom stereocenters. The summed E-state index contributed by atoms with van der Waals surface area (Å²) < 4.78 is 0. The third kappa shape index (κ3) is 4.89. The van der Waals surface area contributed by atoms with Crippen LogP contribution in [0.5, 0.6) is 0 Å². The van der Waals surface area contributed by atoms with E-state index in [0.29, 0.717) is 5.92 Å². The van der Waals surface area contributed by atoms with E-state index in [1.807, 2.05) is 6.92 Å². The van der Waals surface area contributed by atoms with Crippen molar-refractivity contribution in [3.63, 3.8) is 0 Å².